The van der Waals surface area contributed by atoms with Crippen LogP contribution in [0.3, 0.4) is 0 Å². The number of hydrogen-bond donors (Lipinski definition) is 0. The predicted molar refractivity (Wildman–Crippen MR) is 85.3 cm³/mol. The average Bonchev–Trinajstić information content (AvgIpc) is 2.63. The van der Waals surface area contributed by atoms with Crippen LogP contribution in [-0.4, -0.2) is 24.1 Å². The smallest absolute Gasteiger partial charge is 0.183 e. The molecule has 0 unspecified atom stereocenters. The normalized spacial score (nSPS) is 10.8. The predicted octanol–water partition coefficient (Wildman–Crippen LogP) is 2.92. The van der Waals surface area contributed by atoms with Crippen LogP contribution in [-0.2, 0) is 9.59 Å². The molecule has 2 rings (SSSR count). The number of carbonyl (C=O) groups excluding carboxylic acids is 4. The average molecular weight is 308 g/mol. The van der Waals surface area contributed by atoms with Crippen molar-refractivity contribution in [1.29, 1.82) is 0 Å². The van der Waals surface area contributed by atoms with Gasteiger partial charge in [0.2, 0.25) is 0 Å². The van der Waals surface area contributed by atoms with Crippen molar-refractivity contribution < 1.29 is 19.2 Å². The summed E-state index contributed by atoms with van der Waals surface area (Å²) in [5.74, 6) is -1.16. The van der Waals surface area contributed by atoms with Crippen LogP contribution in [0.4, 0.5) is 0 Å². The van der Waals surface area contributed by atoms with Gasteiger partial charge in [-0.15, -0.1) is 0 Å². The highest BCUT2D eigenvalue weighted by molar-refractivity contribution is 6.28. The van der Waals surface area contributed by atoms with Gasteiger partial charge in [0.15, 0.2) is 17.0 Å². The molecule has 0 N–H and O–H groups in total. The van der Waals surface area contributed by atoms with Gasteiger partial charge in [0.25, 0.3) is 0 Å². The quantitative estimate of drug-likeness (QED) is 0.427. The summed E-state index contributed by atoms with van der Waals surface area (Å²) in [4.78, 5) is 48.3. The van der Waals surface area contributed by atoms with Crippen LogP contribution in [0.15, 0.2) is 60.7 Å². The van der Waals surface area contributed by atoms with Crippen LogP contribution in [0.1, 0.15) is 33.6 Å². The summed E-state index contributed by atoms with van der Waals surface area (Å²) in [6.45, 7) is 0. The lowest BCUT2D eigenvalue weighted by molar-refractivity contribution is -0.113. The Morgan fingerprint density at radius 1 is 0.783 bits per heavy atom. The van der Waals surface area contributed by atoms with E-state index in [-0.39, 0.29) is 24.0 Å². The molecule has 0 radical (unpaired) electrons. The minimum Gasteiger partial charge on any atom is -0.303 e. The van der Waals surface area contributed by atoms with E-state index in [1.807, 2.05) is 0 Å². The second-order valence-electron chi connectivity index (χ2n) is 5.18. The molecule has 0 saturated carbocycles. The topological polar surface area (TPSA) is 68.3 Å². The molecule has 0 aliphatic rings. The number of Topliss-reactive ketones (excluding diaryl/α,β-unsaturated/α-hetero) is 2. The first-order valence-electron chi connectivity index (χ1n) is 7.25. The van der Waals surface area contributed by atoms with Crippen LogP contribution in [0.25, 0.3) is 0 Å². The Morgan fingerprint density at radius 3 is 1.57 bits per heavy atom. The van der Waals surface area contributed by atoms with Gasteiger partial charge in [-0.05, 0) is 6.42 Å². The molecule has 0 spiro atoms. The lowest BCUT2D eigenvalue weighted by Gasteiger charge is -2.24. The Bertz CT molecular complexity index is 653. The SMILES string of the molecule is O=CCCC(C=O)(C(=O)c1ccccc1)C(=O)c1ccccc1. The third kappa shape index (κ3) is 3.31. The Hall–Kier alpha value is -2.88. The summed E-state index contributed by atoms with van der Waals surface area (Å²) < 4.78 is 0. The molecular weight excluding hydrogens is 292 g/mol. The number of benzene rings is 2. The van der Waals surface area contributed by atoms with Crippen molar-refractivity contribution in [2.75, 3.05) is 0 Å². The Kier molecular flexibility index (Phi) is 5.31. The standard InChI is InChI=1S/C19H16O4/c20-13-7-12-19(14-21,17(22)15-8-3-1-4-9-15)18(23)16-10-5-2-6-11-16/h1-6,8-11,13-14H,7,12H2. The lowest BCUT2D eigenvalue weighted by atomic mass is 9.72. The Labute approximate surface area is 134 Å². The zero-order valence-corrected chi connectivity index (χ0v) is 12.5. The second kappa shape index (κ2) is 7.40. The molecule has 0 saturated heterocycles. The molecule has 2 aromatic rings. The first-order chi connectivity index (χ1) is 11.2. The van der Waals surface area contributed by atoms with Gasteiger partial charge in [-0.2, -0.15) is 0 Å². The summed E-state index contributed by atoms with van der Waals surface area (Å²) in [6.07, 6.45) is 0.799. The highest BCUT2D eigenvalue weighted by Gasteiger charge is 2.45. The molecule has 0 amide bonds. The van der Waals surface area contributed by atoms with Crippen molar-refractivity contribution in [3.63, 3.8) is 0 Å². The molecule has 0 heterocycles. The molecular formula is C19H16O4. The maximum absolute atomic E-state index is 12.9. The summed E-state index contributed by atoms with van der Waals surface area (Å²) >= 11 is 0. The highest BCUT2D eigenvalue weighted by Crippen LogP contribution is 2.31. The van der Waals surface area contributed by atoms with Gasteiger partial charge in [-0.1, -0.05) is 60.7 Å². The molecule has 4 heteroatoms. The van der Waals surface area contributed by atoms with E-state index in [0.29, 0.717) is 12.6 Å². The van der Waals surface area contributed by atoms with Crippen LogP contribution in [0.5, 0.6) is 0 Å². The molecule has 0 aromatic heterocycles. The second-order valence-corrected chi connectivity index (χ2v) is 5.18. The highest BCUT2D eigenvalue weighted by atomic mass is 16.2. The zero-order chi connectivity index (χ0) is 16.7. The van der Waals surface area contributed by atoms with Crippen molar-refractivity contribution >= 4 is 24.1 Å². The minimum absolute atomic E-state index is 0.0457. The lowest BCUT2D eigenvalue weighted by Crippen LogP contribution is -2.41. The van der Waals surface area contributed by atoms with E-state index in [0.717, 1.165) is 0 Å². The van der Waals surface area contributed by atoms with E-state index in [1.54, 1.807) is 60.7 Å². The van der Waals surface area contributed by atoms with Crippen molar-refractivity contribution in [2.45, 2.75) is 12.8 Å². The molecule has 0 aliphatic heterocycles. The van der Waals surface area contributed by atoms with E-state index in [2.05, 4.69) is 0 Å². The first-order valence-corrected chi connectivity index (χ1v) is 7.25. The first kappa shape index (κ1) is 16.5. The fourth-order valence-electron chi connectivity index (χ4n) is 2.48. The van der Waals surface area contributed by atoms with E-state index in [1.165, 1.54) is 0 Å². The van der Waals surface area contributed by atoms with Crippen molar-refractivity contribution in [3.8, 4) is 0 Å². The zero-order valence-electron chi connectivity index (χ0n) is 12.5. The van der Waals surface area contributed by atoms with Crippen molar-refractivity contribution in [3.05, 3.63) is 71.8 Å². The van der Waals surface area contributed by atoms with Gasteiger partial charge in [0.05, 0.1) is 0 Å². The van der Waals surface area contributed by atoms with Crippen LogP contribution >= 0.6 is 0 Å². The molecule has 0 atom stereocenters. The summed E-state index contributed by atoms with van der Waals surface area (Å²) in [5.41, 5.74) is -1.33. The Balaban J connectivity index is 2.51. The number of aldehydes is 2. The third-order valence-electron chi connectivity index (χ3n) is 3.74. The van der Waals surface area contributed by atoms with Crippen LogP contribution in [0, 0.1) is 5.41 Å². The van der Waals surface area contributed by atoms with Crippen molar-refractivity contribution in [2.24, 2.45) is 5.41 Å². The third-order valence-corrected chi connectivity index (χ3v) is 3.74. The number of ketones is 2. The number of rotatable bonds is 8. The van der Waals surface area contributed by atoms with E-state index in [9.17, 15) is 19.2 Å². The van der Waals surface area contributed by atoms with E-state index < -0.39 is 17.0 Å². The molecule has 4 nitrogen and oxygen atoms in total. The maximum Gasteiger partial charge on any atom is 0.183 e. The fraction of sp³-hybridized carbons (Fsp3) is 0.158. The summed E-state index contributed by atoms with van der Waals surface area (Å²) in [7, 11) is 0. The molecule has 2 aromatic carbocycles. The minimum atomic E-state index is -1.87. The monoisotopic (exact) mass is 308 g/mol. The maximum atomic E-state index is 12.9. The van der Waals surface area contributed by atoms with Gasteiger partial charge >= 0.3 is 0 Å². The molecule has 0 aliphatic carbocycles. The van der Waals surface area contributed by atoms with Gasteiger partial charge in [-0.25, -0.2) is 0 Å². The van der Waals surface area contributed by atoms with E-state index in [4.69, 9.17) is 0 Å². The number of hydrogen-bond acceptors (Lipinski definition) is 4. The van der Waals surface area contributed by atoms with Gasteiger partial charge in [0, 0.05) is 17.5 Å². The van der Waals surface area contributed by atoms with E-state index >= 15 is 0 Å². The van der Waals surface area contributed by atoms with Crippen molar-refractivity contribution in [1.82, 2.24) is 0 Å². The van der Waals surface area contributed by atoms with Crippen LogP contribution < -0.4 is 0 Å². The molecule has 0 bridgehead atoms. The largest absolute Gasteiger partial charge is 0.303 e. The number of carbonyl (C=O) groups is 4. The van der Waals surface area contributed by atoms with Crippen LogP contribution in [0.2, 0.25) is 0 Å². The van der Waals surface area contributed by atoms with Gasteiger partial charge in [0.1, 0.15) is 12.6 Å². The molecule has 0 fully saturated rings. The summed E-state index contributed by atoms with van der Waals surface area (Å²) in [6, 6.07) is 16.3. The van der Waals surface area contributed by atoms with Gasteiger partial charge < -0.3 is 9.59 Å². The molecule has 116 valence electrons. The molecule has 23 heavy (non-hydrogen) atoms. The fourth-order valence-corrected chi connectivity index (χ4v) is 2.48. The Morgan fingerprint density at radius 2 is 1.22 bits per heavy atom. The van der Waals surface area contributed by atoms with Gasteiger partial charge in [-0.3, -0.25) is 9.59 Å². The summed E-state index contributed by atoms with van der Waals surface area (Å²) in [5, 5.41) is 0.